The van der Waals surface area contributed by atoms with E-state index in [0.29, 0.717) is 13.1 Å². The van der Waals surface area contributed by atoms with Crippen molar-refractivity contribution in [1.29, 1.82) is 0 Å². The molecule has 2 aliphatic heterocycles. The van der Waals surface area contributed by atoms with Gasteiger partial charge in [-0.3, -0.25) is 9.69 Å². The third-order valence-electron chi connectivity index (χ3n) is 6.69. The van der Waals surface area contributed by atoms with Gasteiger partial charge in [0.15, 0.2) is 0 Å². The quantitative estimate of drug-likeness (QED) is 0.837. The number of likely N-dealkylation sites (tertiary alicyclic amines) is 1. The lowest BCUT2D eigenvalue weighted by atomic mass is 9.71. The zero-order chi connectivity index (χ0) is 18.6. The predicted octanol–water partition coefficient (Wildman–Crippen LogP) is 3.05. The van der Waals surface area contributed by atoms with E-state index in [1.54, 1.807) is 0 Å². The topological polar surface area (TPSA) is 39.3 Å². The van der Waals surface area contributed by atoms with E-state index in [4.69, 9.17) is 6.42 Å². The van der Waals surface area contributed by atoms with Gasteiger partial charge in [-0.15, -0.1) is 6.42 Å². The van der Waals surface area contributed by atoms with Crippen LogP contribution in [-0.4, -0.2) is 52.4 Å². The molecule has 27 heavy (non-hydrogen) atoms. The zero-order valence-corrected chi connectivity index (χ0v) is 15.8. The highest BCUT2D eigenvalue weighted by atomic mass is 16.2. The molecule has 2 aromatic rings. The van der Waals surface area contributed by atoms with Crippen LogP contribution in [-0.2, 0) is 11.2 Å². The predicted molar refractivity (Wildman–Crippen MR) is 108 cm³/mol. The number of hydrogen-bond acceptors (Lipinski definition) is 2. The largest absolute Gasteiger partial charge is 0.361 e. The number of H-pyrrole nitrogens is 1. The minimum atomic E-state index is -0.169. The lowest BCUT2D eigenvalue weighted by molar-refractivity contribution is -0.134. The van der Waals surface area contributed by atoms with Crippen molar-refractivity contribution in [3.63, 3.8) is 0 Å². The molecule has 1 unspecified atom stereocenters. The Labute approximate surface area is 160 Å². The van der Waals surface area contributed by atoms with Crippen molar-refractivity contribution in [3.05, 3.63) is 41.6 Å². The highest BCUT2D eigenvalue weighted by Crippen LogP contribution is 2.47. The summed E-state index contributed by atoms with van der Waals surface area (Å²) in [6.07, 6.45) is 13.3. The van der Waals surface area contributed by atoms with Gasteiger partial charge in [0.05, 0.1) is 12.5 Å². The van der Waals surface area contributed by atoms with Crippen LogP contribution in [0, 0.1) is 18.3 Å². The fourth-order valence-corrected chi connectivity index (χ4v) is 5.29. The van der Waals surface area contributed by atoms with Gasteiger partial charge >= 0.3 is 0 Å². The molecule has 5 rings (SSSR count). The standard InChI is InChI=1S/C23H25N3O/c1-3-9-26-15-16(22(27)25-10-4-5-11-25)12-19-18-7-6-8-20-21(18)17(14-24-20)13-23(19,26)2/h1,6-8,12,14,16,24H,4-5,9-11,13,15H2,2H3/t16-,23?/m1/s1. The van der Waals surface area contributed by atoms with Gasteiger partial charge in [-0.25, -0.2) is 0 Å². The summed E-state index contributed by atoms with van der Waals surface area (Å²) in [5.74, 6) is 2.98. The maximum Gasteiger partial charge on any atom is 0.230 e. The Kier molecular flexibility index (Phi) is 3.70. The molecular formula is C23H25N3O. The minimum Gasteiger partial charge on any atom is -0.361 e. The molecule has 1 N–H and O–H groups in total. The number of carbonyl (C=O) groups excluding carboxylic acids is 1. The number of carbonyl (C=O) groups is 1. The number of aromatic amines is 1. The molecule has 1 fully saturated rings. The maximum absolute atomic E-state index is 13.2. The summed E-state index contributed by atoms with van der Waals surface area (Å²) in [5.41, 5.74) is 4.85. The number of aromatic nitrogens is 1. The average Bonchev–Trinajstić information content (AvgIpc) is 3.33. The fourth-order valence-electron chi connectivity index (χ4n) is 5.29. The number of nitrogens with one attached hydrogen (secondary N) is 1. The third kappa shape index (κ3) is 2.38. The number of amides is 1. The van der Waals surface area contributed by atoms with Crippen LogP contribution in [0.5, 0.6) is 0 Å². The Morgan fingerprint density at radius 3 is 2.96 bits per heavy atom. The molecule has 0 spiro atoms. The molecule has 1 aromatic heterocycles. The summed E-state index contributed by atoms with van der Waals surface area (Å²) in [6.45, 7) is 5.33. The Morgan fingerprint density at radius 2 is 2.19 bits per heavy atom. The minimum absolute atomic E-state index is 0.115. The molecule has 1 aliphatic carbocycles. The van der Waals surface area contributed by atoms with Gasteiger partial charge in [-0.1, -0.05) is 24.1 Å². The monoisotopic (exact) mass is 359 g/mol. The molecule has 2 atom stereocenters. The summed E-state index contributed by atoms with van der Waals surface area (Å²) in [5, 5.41) is 1.30. The normalized spacial score (nSPS) is 27.3. The van der Waals surface area contributed by atoms with Crippen molar-refractivity contribution in [3.8, 4) is 12.3 Å². The summed E-state index contributed by atoms with van der Waals surface area (Å²) in [7, 11) is 0. The van der Waals surface area contributed by atoms with E-state index in [1.165, 1.54) is 27.6 Å². The highest BCUT2D eigenvalue weighted by Gasteiger charge is 2.46. The number of hydrogen-bond donors (Lipinski definition) is 1. The van der Waals surface area contributed by atoms with Gasteiger partial charge in [0.25, 0.3) is 0 Å². The molecule has 0 bridgehead atoms. The fraction of sp³-hybridized carbons (Fsp3) is 0.435. The first kappa shape index (κ1) is 16.6. The van der Waals surface area contributed by atoms with Gasteiger partial charge in [0, 0.05) is 42.3 Å². The van der Waals surface area contributed by atoms with Crippen molar-refractivity contribution < 1.29 is 4.79 Å². The number of terminal acetylenes is 1. The summed E-state index contributed by atoms with van der Waals surface area (Å²) >= 11 is 0. The summed E-state index contributed by atoms with van der Waals surface area (Å²) in [6, 6.07) is 6.42. The molecule has 0 saturated carbocycles. The van der Waals surface area contributed by atoms with Crippen LogP contribution >= 0.6 is 0 Å². The van der Waals surface area contributed by atoms with Crippen LogP contribution in [0.2, 0.25) is 0 Å². The van der Waals surface area contributed by atoms with E-state index in [1.807, 2.05) is 4.90 Å². The second-order valence-electron chi connectivity index (χ2n) is 8.30. The molecule has 4 nitrogen and oxygen atoms in total. The van der Waals surface area contributed by atoms with E-state index in [2.05, 4.69) is 53.2 Å². The van der Waals surface area contributed by atoms with Crippen LogP contribution in [0.4, 0.5) is 0 Å². The first-order valence-corrected chi connectivity index (χ1v) is 9.91. The lowest BCUT2D eigenvalue weighted by Gasteiger charge is -2.49. The number of rotatable bonds is 2. The molecule has 4 heteroatoms. The highest BCUT2D eigenvalue weighted by molar-refractivity contribution is 6.00. The molecule has 3 heterocycles. The second kappa shape index (κ2) is 6.00. The van der Waals surface area contributed by atoms with Crippen LogP contribution < -0.4 is 0 Å². The van der Waals surface area contributed by atoms with Gasteiger partial charge in [-0.2, -0.15) is 0 Å². The Hall–Kier alpha value is -2.51. The molecule has 3 aliphatic rings. The summed E-state index contributed by atoms with van der Waals surface area (Å²) in [4.78, 5) is 20.9. The second-order valence-corrected chi connectivity index (χ2v) is 8.30. The molecule has 1 saturated heterocycles. The molecular weight excluding hydrogens is 334 g/mol. The van der Waals surface area contributed by atoms with E-state index in [-0.39, 0.29) is 17.4 Å². The van der Waals surface area contributed by atoms with Crippen molar-refractivity contribution in [2.45, 2.75) is 31.7 Å². The van der Waals surface area contributed by atoms with Gasteiger partial charge in [-0.05, 0) is 49.0 Å². The van der Waals surface area contributed by atoms with Crippen LogP contribution in [0.15, 0.2) is 30.5 Å². The van der Waals surface area contributed by atoms with Crippen molar-refractivity contribution in [2.24, 2.45) is 5.92 Å². The van der Waals surface area contributed by atoms with E-state index < -0.39 is 0 Å². The van der Waals surface area contributed by atoms with Gasteiger partial charge in [0.1, 0.15) is 0 Å². The first-order valence-electron chi connectivity index (χ1n) is 9.91. The van der Waals surface area contributed by atoms with E-state index in [9.17, 15) is 4.79 Å². The first-order chi connectivity index (χ1) is 13.1. The number of fused-ring (bicyclic) bond motifs is 2. The Balaban J connectivity index is 1.65. The van der Waals surface area contributed by atoms with Crippen LogP contribution in [0.25, 0.3) is 16.5 Å². The smallest absolute Gasteiger partial charge is 0.230 e. The number of benzene rings is 1. The lowest BCUT2D eigenvalue weighted by Crippen LogP contribution is -2.56. The van der Waals surface area contributed by atoms with Crippen molar-refractivity contribution in [1.82, 2.24) is 14.8 Å². The average molecular weight is 359 g/mol. The third-order valence-corrected chi connectivity index (χ3v) is 6.69. The SMILES string of the molecule is C#CCN1C[C@H](C(=O)N2CCCC2)C=C2c3cccc4[nH]cc(c34)CC21C. The van der Waals surface area contributed by atoms with E-state index in [0.717, 1.165) is 32.4 Å². The zero-order valence-electron chi connectivity index (χ0n) is 15.8. The van der Waals surface area contributed by atoms with Crippen molar-refractivity contribution in [2.75, 3.05) is 26.2 Å². The Morgan fingerprint density at radius 1 is 1.37 bits per heavy atom. The van der Waals surface area contributed by atoms with E-state index >= 15 is 0 Å². The molecule has 138 valence electrons. The van der Waals surface area contributed by atoms with Crippen LogP contribution in [0.1, 0.15) is 30.9 Å². The number of nitrogens with zero attached hydrogens (tertiary/aromatic N) is 2. The Bertz CT molecular complexity index is 989. The van der Waals surface area contributed by atoms with Crippen molar-refractivity contribution >= 4 is 22.4 Å². The molecule has 1 aromatic carbocycles. The summed E-state index contributed by atoms with van der Waals surface area (Å²) < 4.78 is 0. The molecule has 1 amide bonds. The van der Waals surface area contributed by atoms with Gasteiger partial charge in [0.2, 0.25) is 5.91 Å². The molecule has 0 radical (unpaired) electrons. The van der Waals surface area contributed by atoms with Crippen LogP contribution in [0.3, 0.4) is 0 Å². The maximum atomic E-state index is 13.2. The van der Waals surface area contributed by atoms with Gasteiger partial charge < -0.3 is 9.88 Å².